The predicted molar refractivity (Wildman–Crippen MR) is 89.8 cm³/mol. The Morgan fingerprint density at radius 1 is 1.08 bits per heavy atom. The van der Waals surface area contributed by atoms with Gasteiger partial charge in [-0.05, 0) is 30.3 Å². The minimum Gasteiger partial charge on any atom is -0.497 e. The minimum absolute atomic E-state index is 0.215. The molecule has 0 fully saturated rings. The monoisotopic (exact) mass is 319 g/mol. The molecule has 0 saturated heterocycles. The number of aromatic nitrogens is 3. The predicted octanol–water partition coefficient (Wildman–Crippen LogP) is 3.25. The molecule has 0 aliphatic carbocycles. The van der Waals surface area contributed by atoms with Gasteiger partial charge in [-0.15, -0.1) is 0 Å². The Balaban J connectivity index is 1.81. The molecule has 0 amide bonds. The van der Waals surface area contributed by atoms with Gasteiger partial charge < -0.3 is 14.2 Å². The van der Waals surface area contributed by atoms with Gasteiger partial charge in [-0.25, -0.2) is 0 Å². The van der Waals surface area contributed by atoms with E-state index in [2.05, 4.69) is 15.1 Å². The number of aromatic amines is 1. The molecular formula is C18H13N3O3. The average Bonchev–Trinajstić information content (AvgIpc) is 3.11. The third kappa shape index (κ3) is 2.44. The third-order valence-electron chi connectivity index (χ3n) is 3.76. The second-order valence-corrected chi connectivity index (χ2v) is 5.24. The van der Waals surface area contributed by atoms with E-state index >= 15 is 0 Å². The number of H-pyrrole nitrogens is 1. The normalized spacial score (nSPS) is 10.9. The highest BCUT2D eigenvalue weighted by Gasteiger charge is 2.14. The molecule has 2 aromatic carbocycles. The van der Waals surface area contributed by atoms with Crippen LogP contribution in [-0.2, 0) is 0 Å². The first kappa shape index (κ1) is 14.2. The van der Waals surface area contributed by atoms with Crippen LogP contribution in [0.4, 0.5) is 0 Å². The van der Waals surface area contributed by atoms with E-state index in [0.717, 1.165) is 22.2 Å². The summed E-state index contributed by atoms with van der Waals surface area (Å²) in [5, 5.41) is 4.86. The van der Waals surface area contributed by atoms with Crippen LogP contribution in [0.3, 0.4) is 0 Å². The molecule has 0 unspecified atom stereocenters. The Kier molecular flexibility index (Phi) is 3.35. The first-order valence-corrected chi connectivity index (χ1v) is 7.35. The van der Waals surface area contributed by atoms with Crippen molar-refractivity contribution in [2.24, 2.45) is 0 Å². The fourth-order valence-corrected chi connectivity index (χ4v) is 2.57. The van der Waals surface area contributed by atoms with Crippen LogP contribution in [0.25, 0.3) is 33.7 Å². The lowest BCUT2D eigenvalue weighted by Gasteiger charge is -2.01. The summed E-state index contributed by atoms with van der Waals surface area (Å²) in [6.07, 6.45) is 0. The number of benzene rings is 2. The van der Waals surface area contributed by atoms with Gasteiger partial charge in [-0.2, -0.15) is 4.98 Å². The number of pyridine rings is 1. The summed E-state index contributed by atoms with van der Waals surface area (Å²) in [6.45, 7) is 0. The maximum atomic E-state index is 11.9. The number of hydrogen-bond donors (Lipinski definition) is 1. The zero-order valence-corrected chi connectivity index (χ0v) is 12.8. The van der Waals surface area contributed by atoms with E-state index in [4.69, 9.17) is 9.26 Å². The number of rotatable bonds is 3. The summed E-state index contributed by atoms with van der Waals surface area (Å²) in [6, 6.07) is 16.3. The third-order valence-corrected chi connectivity index (χ3v) is 3.76. The largest absolute Gasteiger partial charge is 0.497 e. The van der Waals surface area contributed by atoms with E-state index in [-0.39, 0.29) is 5.56 Å². The van der Waals surface area contributed by atoms with Crippen LogP contribution < -0.4 is 10.3 Å². The molecule has 4 rings (SSSR count). The lowest BCUT2D eigenvalue weighted by molar-refractivity contribution is 0.415. The lowest BCUT2D eigenvalue weighted by Crippen LogP contribution is -2.04. The Labute approximate surface area is 136 Å². The number of para-hydroxylation sites is 1. The Hall–Kier alpha value is -3.41. The van der Waals surface area contributed by atoms with E-state index in [0.29, 0.717) is 17.3 Å². The van der Waals surface area contributed by atoms with Crippen molar-refractivity contribution in [2.75, 3.05) is 7.11 Å². The Morgan fingerprint density at radius 2 is 1.88 bits per heavy atom. The summed E-state index contributed by atoms with van der Waals surface area (Å²) in [5.41, 5.74) is 1.93. The molecule has 4 aromatic rings. The topological polar surface area (TPSA) is 81.0 Å². The standard InChI is InChI=1S/C18H13N3O3/c1-23-12-8-6-11(7-9-12)17-20-18(24-21-17)14-10-16(22)19-15-5-3-2-4-13(14)15/h2-10H,1H3,(H,19,22). The van der Waals surface area contributed by atoms with Gasteiger partial charge >= 0.3 is 0 Å². The van der Waals surface area contributed by atoms with Crippen molar-refractivity contribution in [1.82, 2.24) is 15.1 Å². The maximum absolute atomic E-state index is 11.9. The van der Waals surface area contributed by atoms with Gasteiger partial charge in [0, 0.05) is 22.5 Å². The average molecular weight is 319 g/mol. The van der Waals surface area contributed by atoms with Crippen LogP contribution >= 0.6 is 0 Å². The molecule has 118 valence electrons. The van der Waals surface area contributed by atoms with Crippen LogP contribution in [0.2, 0.25) is 0 Å². The number of hydrogen-bond acceptors (Lipinski definition) is 5. The van der Waals surface area contributed by atoms with Gasteiger partial charge in [0.25, 0.3) is 5.89 Å². The molecule has 24 heavy (non-hydrogen) atoms. The van der Waals surface area contributed by atoms with E-state index < -0.39 is 0 Å². The summed E-state index contributed by atoms with van der Waals surface area (Å²) in [5.74, 6) is 1.52. The van der Waals surface area contributed by atoms with Crippen LogP contribution in [0.15, 0.2) is 63.9 Å². The molecule has 2 heterocycles. The lowest BCUT2D eigenvalue weighted by atomic mass is 10.1. The smallest absolute Gasteiger partial charge is 0.259 e. The first-order valence-electron chi connectivity index (χ1n) is 7.35. The first-order chi connectivity index (χ1) is 11.7. The van der Waals surface area contributed by atoms with Crippen molar-refractivity contribution in [2.45, 2.75) is 0 Å². The fraction of sp³-hybridized carbons (Fsp3) is 0.0556. The quantitative estimate of drug-likeness (QED) is 0.627. The number of nitrogens with zero attached hydrogens (tertiary/aromatic N) is 2. The molecule has 6 heteroatoms. The molecule has 0 atom stereocenters. The zero-order valence-electron chi connectivity index (χ0n) is 12.8. The minimum atomic E-state index is -0.215. The second kappa shape index (κ2) is 5.66. The van der Waals surface area contributed by atoms with Gasteiger partial charge in [0.05, 0.1) is 12.7 Å². The molecule has 0 bridgehead atoms. The van der Waals surface area contributed by atoms with Crippen molar-refractivity contribution in [3.05, 3.63) is 65.0 Å². The van der Waals surface area contributed by atoms with E-state index in [1.54, 1.807) is 7.11 Å². The molecule has 0 aliphatic heterocycles. The van der Waals surface area contributed by atoms with Crippen molar-refractivity contribution < 1.29 is 9.26 Å². The Bertz CT molecular complexity index is 1060. The van der Waals surface area contributed by atoms with E-state index in [1.807, 2.05) is 48.5 Å². The molecule has 6 nitrogen and oxygen atoms in total. The molecule has 1 N–H and O–H groups in total. The highest BCUT2D eigenvalue weighted by atomic mass is 16.5. The van der Waals surface area contributed by atoms with Gasteiger partial charge in [0.15, 0.2) is 0 Å². The van der Waals surface area contributed by atoms with Gasteiger partial charge in [-0.3, -0.25) is 4.79 Å². The molecule has 2 aromatic heterocycles. The number of ether oxygens (including phenoxy) is 1. The molecule has 0 aliphatic rings. The highest BCUT2D eigenvalue weighted by Crippen LogP contribution is 2.27. The molecule has 0 radical (unpaired) electrons. The SMILES string of the molecule is COc1ccc(-c2noc(-c3cc(=O)[nH]c4ccccc34)n2)cc1. The molecule has 0 spiro atoms. The van der Waals surface area contributed by atoms with Gasteiger partial charge in [-0.1, -0.05) is 23.4 Å². The summed E-state index contributed by atoms with van der Waals surface area (Å²) >= 11 is 0. The van der Waals surface area contributed by atoms with Crippen LogP contribution in [-0.4, -0.2) is 22.2 Å². The van der Waals surface area contributed by atoms with Crippen molar-refractivity contribution in [3.8, 4) is 28.6 Å². The van der Waals surface area contributed by atoms with Crippen molar-refractivity contribution in [3.63, 3.8) is 0 Å². The summed E-state index contributed by atoms with van der Waals surface area (Å²) < 4.78 is 10.5. The van der Waals surface area contributed by atoms with Crippen molar-refractivity contribution >= 4 is 10.9 Å². The summed E-state index contributed by atoms with van der Waals surface area (Å²) in [7, 11) is 1.61. The van der Waals surface area contributed by atoms with E-state index in [1.165, 1.54) is 6.07 Å². The van der Waals surface area contributed by atoms with Crippen LogP contribution in [0.5, 0.6) is 5.75 Å². The number of nitrogens with one attached hydrogen (secondary N) is 1. The highest BCUT2D eigenvalue weighted by molar-refractivity contribution is 5.92. The molecular weight excluding hydrogens is 306 g/mol. The summed E-state index contributed by atoms with van der Waals surface area (Å²) in [4.78, 5) is 19.1. The van der Waals surface area contributed by atoms with Crippen LogP contribution in [0.1, 0.15) is 0 Å². The van der Waals surface area contributed by atoms with Gasteiger partial charge in [0.2, 0.25) is 11.4 Å². The molecule has 0 saturated carbocycles. The Morgan fingerprint density at radius 3 is 2.67 bits per heavy atom. The second-order valence-electron chi connectivity index (χ2n) is 5.24. The maximum Gasteiger partial charge on any atom is 0.259 e. The van der Waals surface area contributed by atoms with Crippen molar-refractivity contribution in [1.29, 1.82) is 0 Å². The number of methoxy groups -OCH3 is 1. The number of fused-ring (bicyclic) bond motifs is 1. The van der Waals surface area contributed by atoms with Crippen LogP contribution in [0, 0.1) is 0 Å². The van der Waals surface area contributed by atoms with Gasteiger partial charge in [0.1, 0.15) is 5.75 Å². The zero-order chi connectivity index (χ0) is 16.5. The fourth-order valence-electron chi connectivity index (χ4n) is 2.57. The van der Waals surface area contributed by atoms with E-state index in [9.17, 15) is 4.79 Å².